The van der Waals surface area contributed by atoms with E-state index >= 15 is 0 Å². The number of rotatable bonds is 3. The third kappa shape index (κ3) is 2.46. The first-order valence-corrected chi connectivity index (χ1v) is 5.52. The van der Waals surface area contributed by atoms with Gasteiger partial charge in [0.2, 0.25) is 0 Å². The van der Waals surface area contributed by atoms with Crippen molar-refractivity contribution in [3.05, 3.63) is 59.7 Å². The highest BCUT2D eigenvalue weighted by Gasteiger charge is 2.05. The van der Waals surface area contributed by atoms with Crippen molar-refractivity contribution >= 4 is 11.8 Å². The van der Waals surface area contributed by atoms with Gasteiger partial charge in [-0.25, -0.2) is 4.79 Å². The van der Waals surface area contributed by atoms with Gasteiger partial charge in [-0.2, -0.15) is 0 Å². The molecule has 0 atom stereocenters. The Morgan fingerprint density at radius 2 is 1.56 bits per heavy atom. The van der Waals surface area contributed by atoms with Gasteiger partial charge in [-0.3, -0.25) is 4.79 Å². The van der Waals surface area contributed by atoms with E-state index in [2.05, 4.69) is 0 Å². The molecule has 2 aromatic rings. The molecule has 3 nitrogen and oxygen atoms in total. The summed E-state index contributed by atoms with van der Waals surface area (Å²) in [5.41, 5.74) is 2.69. The van der Waals surface area contributed by atoms with Crippen LogP contribution in [0.2, 0.25) is 0 Å². The molecule has 0 bridgehead atoms. The van der Waals surface area contributed by atoms with E-state index < -0.39 is 5.97 Å². The van der Waals surface area contributed by atoms with Crippen LogP contribution in [-0.4, -0.2) is 16.9 Å². The first-order chi connectivity index (χ1) is 8.58. The summed E-state index contributed by atoms with van der Waals surface area (Å²) in [6, 6.07) is 13.9. The number of hydrogen-bond donors (Lipinski definition) is 1. The molecule has 0 fully saturated rings. The molecule has 0 saturated heterocycles. The van der Waals surface area contributed by atoms with Crippen molar-refractivity contribution in [2.24, 2.45) is 0 Å². The summed E-state index contributed by atoms with van der Waals surface area (Å²) >= 11 is 0. The second kappa shape index (κ2) is 4.84. The molecule has 0 aliphatic carbocycles. The number of benzene rings is 2. The lowest BCUT2D eigenvalue weighted by Gasteiger charge is -2.04. The van der Waals surface area contributed by atoms with Crippen LogP contribution in [0.5, 0.6) is 0 Å². The Morgan fingerprint density at radius 3 is 2.11 bits per heavy atom. The summed E-state index contributed by atoms with van der Waals surface area (Å²) in [6.45, 7) is 1.52. The molecule has 3 heteroatoms. The van der Waals surface area contributed by atoms with Crippen molar-refractivity contribution < 1.29 is 14.7 Å². The maximum absolute atomic E-state index is 11.3. The zero-order valence-electron chi connectivity index (χ0n) is 9.88. The number of hydrogen-bond acceptors (Lipinski definition) is 2. The van der Waals surface area contributed by atoms with Crippen LogP contribution < -0.4 is 0 Å². The molecular weight excluding hydrogens is 228 g/mol. The van der Waals surface area contributed by atoms with Crippen LogP contribution in [-0.2, 0) is 0 Å². The predicted octanol–water partition coefficient (Wildman–Crippen LogP) is 3.25. The molecule has 0 heterocycles. The molecule has 1 N–H and O–H groups in total. The van der Waals surface area contributed by atoms with Crippen molar-refractivity contribution in [3.8, 4) is 11.1 Å². The highest BCUT2D eigenvalue weighted by Crippen LogP contribution is 2.21. The summed E-state index contributed by atoms with van der Waals surface area (Å²) in [6.07, 6.45) is 0. The van der Waals surface area contributed by atoms with Crippen LogP contribution in [0.25, 0.3) is 11.1 Å². The van der Waals surface area contributed by atoms with Crippen molar-refractivity contribution in [2.45, 2.75) is 6.92 Å². The van der Waals surface area contributed by atoms with Gasteiger partial charge in [0.05, 0.1) is 5.56 Å². The minimum atomic E-state index is -0.945. The van der Waals surface area contributed by atoms with E-state index in [1.807, 2.05) is 12.1 Å². The average molecular weight is 240 g/mol. The molecule has 18 heavy (non-hydrogen) atoms. The van der Waals surface area contributed by atoms with Gasteiger partial charge in [0.25, 0.3) is 0 Å². The topological polar surface area (TPSA) is 54.4 Å². The van der Waals surface area contributed by atoms with E-state index in [9.17, 15) is 9.59 Å². The Kier molecular flexibility index (Phi) is 3.24. The van der Waals surface area contributed by atoms with E-state index in [1.54, 1.807) is 36.4 Å². The lowest BCUT2D eigenvalue weighted by atomic mass is 10.0. The fraction of sp³-hybridized carbons (Fsp3) is 0.0667. The van der Waals surface area contributed by atoms with E-state index in [0.29, 0.717) is 5.56 Å². The monoisotopic (exact) mass is 240 g/mol. The molecule has 0 unspecified atom stereocenters. The summed E-state index contributed by atoms with van der Waals surface area (Å²) < 4.78 is 0. The summed E-state index contributed by atoms with van der Waals surface area (Å²) in [4.78, 5) is 22.0. The number of aromatic carboxylic acids is 1. The molecule has 2 aromatic carbocycles. The Labute approximate surface area is 105 Å². The van der Waals surface area contributed by atoms with Crippen LogP contribution in [0, 0.1) is 0 Å². The van der Waals surface area contributed by atoms with Crippen molar-refractivity contribution in [1.29, 1.82) is 0 Å². The van der Waals surface area contributed by atoms with Gasteiger partial charge in [-0.05, 0) is 36.2 Å². The van der Waals surface area contributed by atoms with Gasteiger partial charge in [0.15, 0.2) is 5.78 Å². The zero-order valence-corrected chi connectivity index (χ0v) is 9.88. The maximum atomic E-state index is 11.3. The van der Waals surface area contributed by atoms with E-state index in [0.717, 1.165) is 11.1 Å². The molecule has 0 aliphatic heterocycles. The van der Waals surface area contributed by atoms with E-state index in [-0.39, 0.29) is 11.3 Å². The van der Waals surface area contributed by atoms with Crippen molar-refractivity contribution in [2.75, 3.05) is 0 Å². The average Bonchev–Trinajstić information content (AvgIpc) is 2.39. The van der Waals surface area contributed by atoms with Gasteiger partial charge >= 0.3 is 5.97 Å². The largest absolute Gasteiger partial charge is 0.478 e. The van der Waals surface area contributed by atoms with Crippen LogP contribution in [0.4, 0.5) is 0 Å². The molecule has 90 valence electrons. The molecular formula is C15H12O3. The van der Waals surface area contributed by atoms with Crippen LogP contribution in [0.1, 0.15) is 27.6 Å². The highest BCUT2D eigenvalue weighted by atomic mass is 16.4. The highest BCUT2D eigenvalue weighted by molar-refractivity contribution is 5.95. The smallest absolute Gasteiger partial charge is 0.335 e. The Morgan fingerprint density at radius 1 is 0.889 bits per heavy atom. The van der Waals surface area contributed by atoms with Gasteiger partial charge in [0.1, 0.15) is 0 Å². The van der Waals surface area contributed by atoms with Gasteiger partial charge < -0.3 is 5.11 Å². The number of carboxylic acid groups (broad SMARTS) is 1. The van der Waals surface area contributed by atoms with Crippen molar-refractivity contribution in [3.63, 3.8) is 0 Å². The minimum absolute atomic E-state index is 0.0130. The van der Waals surface area contributed by atoms with Crippen LogP contribution in [0.3, 0.4) is 0 Å². The number of carboxylic acids is 1. The molecule has 0 saturated carbocycles. The van der Waals surface area contributed by atoms with E-state index in [1.165, 1.54) is 6.92 Å². The van der Waals surface area contributed by atoms with E-state index in [4.69, 9.17) is 5.11 Å². The summed E-state index contributed by atoms with van der Waals surface area (Å²) in [5, 5.41) is 8.82. The first-order valence-electron chi connectivity index (χ1n) is 5.52. The van der Waals surface area contributed by atoms with Crippen LogP contribution in [0.15, 0.2) is 48.5 Å². The maximum Gasteiger partial charge on any atom is 0.335 e. The molecule has 0 aliphatic rings. The molecule has 0 aromatic heterocycles. The molecule has 0 spiro atoms. The number of carbonyl (C=O) groups is 2. The van der Waals surface area contributed by atoms with Gasteiger partial charge in [-0.15, -0.1) is 0 Å². The molecule has 0 amide bonds. The van der Waals surface area contributed by atoms with Gasteiger partial charge in [-0.1, -0.05) is 30.3 Å². The second-order valence-electron chi connectivity index (χ2n) is 4.02. The number of ketones is 1. The minimum Gasteiger partial charge on any atom is -0.478 e. The first kappa shape index (κ1) is 12.0. The summed E-state index contributed by atoms with van der Waals surface area (Å²) in [5.74, 6) is -0.932. The summed E-state index contributed by atoms with van der Waals surface area (Å²) in [7, 11) is 0. The Balaban J connectivity index is 2.39. The third-order valence-electron chi connectivity index (χ3n) is 2.73. The zero-order chi connectivity index (χ0) is 13.1. The fourth-order valence-corrected chi connectivity index (χ4v) is 1.72. The Hall–Kier alpha value is -2.42. The number of carbonyl (C=O) groups excluding carboxylic acids is 1. The molecule has 0 radical (unpaired) electrons. The van der Waals surface area contributed by atoms with Crippen molar-refractivity contribution in [1.82, 2.24) is 0 Å². The standard InChI is InChI=1S/C15H12O3/c1-10(16)13-3-2-4-14(9-13)11-5-7-12(8-6-11)15(17)18/h2-9H,1H3,(H,17,18). The fourth-order valence-electron chi connectivity index (χ4n) is 1.72. The third-order valence-corrected chi connectivity index (χ3v) is 2.73. The molecule has 2 rings (SSSR count). The quantitative estimate of drug-likeness (QED) is 0.838. The van der Waals surface area contributed by atoms with Gasteiger partial charge in [0, 0.05) is 5.56 Å². The normalized spacial score (nSPS) is 10.1. The SMILES string of the molecule is CC(=O)c1cccc(-c2ccc(C(=O)O)cc2)c1. The lowest BCUT2D eigenvalue weighted by Crippen LogP contribution is -1.95. The van der Waals surface area contributed by atoms with Crippen LogP contribution >= 0.6 is 0 Å². The Bertz CT molecular complexity index is 597. The lowest BCUT2D eigenvalue weighted by molar-refractivity contribution is 0.0696. The number of Topliss-reactive ketones (excluding diaryl/α,β-unsaturated/α-hetero) is 1. The predicted molar refractivity (Wildman–Crippen MR) is 68.8 cm³/mol. The second-order valence-corrected chi connectivity index (χ2v) is 4.02.